The van der Waals surface area contributed by atoms with Gasteiger partial charge in [-0.2, -0.15) is 5.10 Å². The summed E-state index contributed by atoms with van der Waals surface area (Å²) in [5.41, 5.74) is 2.64. The number of carbonyl (C=O) groups excluding carboxylic acids is 1. The second-order valence-corrected chi connectivity index (χ2v) is 6.23. The van der Waals surface area contributed by atoms with Gasteiger partial charge in [-0.1, -0.05) is 0 Å². The van der Waals surface area contributed by atoms with Crippen LogP contribution in [0, 0.1) is 0 Å². The topological polar surface area (TPSA) is 50.2 Å². The van der Waals surface area contributed by atoms with E-state index >= 15 is 0 Å². The Bertz CT molecular complexity index is 504. The molecule has 0 radical (unpaired) electrons. The molecular weight excluding hydrogens is 264 g/mol. The Morgan fingerprint density at radius 1 is 1.43 bits per heavy atom. The van der Waals surface area contributed by atoms with E-state index in [-0.39, 0.29) is 18.0 Å². The van der Waals surface area contributed by atoms with Crippen molar-refractivity contribution in [1.29, 1.82) is 0 Å². The van der Waals surface area contributed by atoms with Crippen LogP contribution in [-0.4, -0.2) is 39.7 Å². The number of aryl methyl sites for hydroxylation is 1. The molecule has 0 bridgehead atoms. The van der Waals surface area contributed by atoms with E-state index in [0.717, 1.165) is 45.3 Å². The summed E-state index contributed by atoms with van der Waals surface area (Å²) in [5, 5.41) is 8.02. The highest BCUT2D eigenvalue weighted by molar-refractivity contribution is 5.81. The molecule has 0 saturated carbocycles. The zero-order valence-electron chi connectivity index (χ0n) is 13.1. The van der Waals surface area contributed by atoms with Gasteiger partial charge in [-0.25, -0.2) is 0 Å². The van der Waals surface area contributed by atoms with E-state index in [1.807, 2.05) is 18.0 Å². The van der Waals surface area contributed by atoms with Crippen molar-refractivity contribution in [3.63, 3.8) is 0 Å². The first kappa shape index (κ1) is 14.6. The van der Waals surface area contributed by atoms with Crippen molar-refractivity contribution in [1.82, 2.24) is 20.0 Å². The van der Waals surface area contributed by atoms with Crippen molar-refractivity contribution in [2.45, 2.75) is 64.6 Å². The van der Waals surface area contributed by atoms with Crippen molar-refractivity contribution in [2.24, 2.45) is 0 Å². The highest BCUT2D eigenvalue weighted by Gasteiger charge is 2.29. The number of hydrogen-bond acceptors (Lipinski definition) is 3. The summed E-state index contributed by atoms with van der Waals surface area (Å²) >= 11 is 0. The number of nitrogens with one attached hydrogen (secondary N) is 1. The number of aromatic nitrogens is 2. The normalized spacial score (nSPS) is 23.1. The van der Waals surface area contributed by atoms with E-state index in [1.54, 1.807) is 0 Å². The molecule has 1 aromatic heterocycles. The summed E-state index contributed by atoms with van der Waals surface area (Å²) in [6.45, 7) is 6.90. The number of amides is 1. The molecule has 1 aromatic rings. The fraction of sp³-hybridized carbons (Fsp3) is 0.750. The third kappa shape index (κ3) is 2.84. The molecule has 1 fully saturated rings. The van der Waals surface area contributed by atoms with Crippen molar-refractivity contribution in [3.05, 3.63) is 17.5 Å². The van der Waals surface area contributed by atoms with Crippen LogP contribution in [0.25, 0.3) is 0 Å². The highest BCUT2D eigenvalue weighted by Crippen LogP contribution is 2.30. The van der Waals surface area contributed by atoms with Gasteiger partial charge >= 0.3 is 0 Å². The molecule has 2 aliphatic rings. The Morgan fingerprint density at radius 3 is 2.90 bits per heavy atom. The molecule has 0 spiro atoms. The average Bonchev–Trinajstić information content (AvgIpc) is 3.16. The molecule has 1 saturated heterocycles. The van der Waals surface area contributed by atoms with Crippen LogP contribution >= 0.6 is 0 Å². The van der Waals surface area contributed by atoms with E-state index in [0.29, 0.717) is 0 Å². The van der Waals surface area contributed by atoms with Gasteiger partial charge in [0.05, 0.1) is 12.2 Å². The van der Waals surface area contributed by atoms with Crippen LogP contribution in [0.4, 0.5) is 0 Å². The Morgan fingerprint density at radius 2 is 2.19 bits per heavy atom. The lowest BCUT2D eigenvalue weighted by Gasteiger charge is -2.29. The standard InChI is InChI=1S/C16H26N4O/c1-3-20-15-8-6-7-14(13(15)11-17-20)18-12(2)16(21)19-9-4-5-10-19/h11-12,14,18H,3-10H2,1-2H3/t12-,14-/m1/s1. The Hall–Kier alpha value is -1.36. The van der Waals surface area contributed by atoms with Gasteiger partial charge in [-0.3, -0.25) is 14.8 Å². The molecule has 21 heavy (non-hydrogen) atoms. The number of carbonyl (C=O) groups is 1. The maximum absolute atomic E-state index is 12.4. The van der Waals surface area contributed by atoms with Gasteiger partial charge in [0.1, 0.15) is 0 Å². The molecule has 1 aliphatic heterocycles. The van der Waals surface area contributed by atoms with Crippen molar-refractivity contribution in [2.75, 3.05) is 13.1 Å². The predicted octanol–water partition coefficient (Wildman–Crippen LogP) is 1.88. The van der Waals surface area contributed by atoms with Crippen molar-refractivity contribution >= 4 is 5.91 Å². The highest BCUT2D eigenvalue weighted by atomic mass is 16.2. The first-order valence-electron chi connectivity index (χ1n) is 8.30. The summed E-state index contributed by atoms with van der Waals surface area (Å²) in [7, 11) is 0. The largest absolute Gasteiger partial charge is 0.341 e. The summed E-state index contributed by atoms with van der Waals surface area (Å²) in [4.78, 5) is 14.4. The molecule has 116 valence electrons. The Kier molecular flexibility index (Phi) is 4.29. The third-order valence-electron chi connectivity index (χ3n) is 4.80. The smallest absolute Gasteiger partial charge is 0.239 e. The lowest BCUT2D eigenvalue weighted by Crippen LogP contribution is -2.45. The van der Waals surface area contributed by atoms with Gasteiger partial charge < -0.3 is 4.90 Å². The molecule has 1 N–H and O–H groups in total. The Labute approximate surface area is 126 Å². The number of hydrogen-bond donors (Lipinski definition) is 1. The predicted molar refractivity (Wildman–Crippen MR) is 82.0 cm³/mol. The first-order chi connectivity index (χ1) is 10.2. The van der Waals surface area contributed by atoms with Crippen molar-refractivity contribution < 1.29 is 4.79 Å². The lowest BCUT2D eigenvalue weighted by molar-refractivity contribution is -0.132. The van der Waals surface area contributed by atoms with Gasteiger partial charge in [0.15, 0.2) is 0 Å². The maximum Gasteiger partial charge on any atom is 0.239 e. The minimum atomic E-state index is -0.107. The summed E-state index contributed by atoms with van der Waals surface area (Å²) in [5.74, 6) is 0.252. The molecule has 1 amide bonds. The van der Waals surface area contributed by atoms with E-state index in [9.17, 15) is 4.79 Å². The molecule has 0 aromatic carbocycles. The molecule has 2 atom stereocenters. The monoisotopic (exact) mass is 290 g/mol. The third-order valence-corrected chi connectivity index (χ3v) is 4.80. The number of fused-ring (bicyclic) bond motifs is 1. The second-order valence-electron chi connectivity index (χ2n) is 6.23. The summed E-state index contributed by atoms with van der Waals surface area (Å²) < 4.78 is 2.09. The van der Waals surface area contributed by atoms with Gasteiger partial charge in [0.25, 0.3) is 0 Å². The molecule has 3 rings (SSSR count). The van der Waals surface area contributed by atoms with E-state index in [1.165, 1.54) is 17.7 Å². The van der Waals surface area contributed by atoms with Crippen LogP contribution in [-0.2, 0) is 17.8 Å². The van der Waals surface area contributed by atoms with Gasteiger partial charge in [-0.05, 0) is 46.0 Å². The van der Waals surface area contributed by atoms with Gasteiger partial charge in [0.2, 0.25) is 5.91 Å². The van der Waals surface area contributed by atoms with Crippen LogP contribution in [0.15, 0.2) is 6.20 Å². The lowest BCUT2D eigenvalue weighted by atomic mass is 9.92. The fourth-order valence-corrected chi connectivity index (χ4v) is 3.65. The van der Waals surface area contributed by atoms with Crippen LogP contribution in [0.3, 0.4) is 0 Å². The second kappa shape index (κ2) is 6.18. The van der Waals surface area contributed by atoms with Gasteiger partial charge in [-0.15, -0.1) is 0 Å². The van der Waals surface area contributed by atoms with E-state index in [4.69, 9.17) is 0 Å². The average molecular weight is 290 g/mol. The quantitative estimate of drug-likeness (QED) is 0.921. The first-order valence-corrected chi connectivity index (χ1v) is 8.30. The summed E-state index contributed by atoms with van der Waals surface area (Å²) in [6, 6.07) is 0.166. The Balaban J connectivity index is 1.68. The number of likely N-dealkylation sites (tertiary alicyclic amines) is 1. The van der Waals surface area contributed by atoms with Crippen LogP contribution in [0.1, 0.15) is 56.8 Å². The van der Waals surface area contributed by atoms with Crippen LogP contribution in [0.2, 0.25) is 0 Å². The molecule has 5 heteroatoms. The fourth-order valence-electron chi connectivity index (χ4n) is 3.65. The zero-order valence-corrected chi connectivity index (χ0v) is 13.1. The minimum absolute atomic E-state index is 0.107. The minimum Gasteiger partial charge on any atom is -0.341 e. The molecule has 5 nitrogen and oxygen atoms in total. The molecule has 2 heterocycles. The molecular formula is C16H26N4O. The van der Waals surface area contributed by atoms with E-state index < -0.39 is 0 Å². The summed E-state index contributed by atoms with van der Waals surface area (Å²) in [6.07, 6.45) is 7.66. The van der Waals surface area contributed by atoms with E-state index in [2.05, 4.69) is 22.0 Å². The van der Waals surface area contributed by atoms with Crippen molar-refractivity contribution in [3.8, 4) is 0 Å². The number of nitrogens with zero attached hydrogens (tertiary/aromatic N) is 3. The number of rotatable bonds is 4. The SMILES string of the molecule is CCn1ncc2c1CCC[C@H]2N[C@H](C)C(=O)N1CCCC1. The maximum atomic E-state index is 12.4. The van der Waals surface area contributed by atoms with Crippen LogP contribution < -0.4 is 5.32 Å². The molecule has 1 aliphatic carbocycles. The zero-order chi connectivity index (χ0) is 14.8. The van der Waals surface area contributed by atoms with Crippen LogP contribution in [0.5, 0.6) is 0 Å². The molecule has 0 unspecified atom stereocenters. The van der Waals surface area contributed by atoms with Gasteiger partial charge in [0, 0.05) is 36.9 Å².